The minimum absolute atomic E-state index is 0.226. The molecule has 1 unspecified atom stereocenters. The molecule has 2 aliphatic heterocycles. The van der Waals surface area contributed by atoms with Gasteiger partial charge in [-0.05, 0) is 0 Å². The van der Waals surface area contributed by atoms with Crippen LogP contribution in [0.5, 0.6) is 17.2 Å². The number of nitrogens with one attached hydrogen (secondary N) is 1. The highest BCUT2D eigenvalue weighted by atomic mass is 32.2. The summed E-state index contributed by atoms with van der Waals surface area (Å²) in [5, 5.41) is 3.42. The Bertz CT molecular complexity index is 583. The fourth-order valence-corrected chi connectivity index (χ4v) is 4.45. The lowest BCUT2D eigenvalue weighted by atomic mass is 10.0. The SMILES string of the molecule is COc1cc(S(=O)N2CCC3(CC2)NCCO3)cc(OC)c1OC. The molecule has 1 atom stereocenters. The number of benzene rings is 1. The number of piperidine rings is 1. The zero-order chi connectivity index (χ0) is 17.2. The van der Waals surface area contributed by atoms with Crippen molar-refractivity contribution in [2.45, 2.75) is 23.5 Å². The summed E-state index contributed by atoms with van der Waals surface area (Å²) in [7, 11) is 3.37. The Hall–Kier alpha value is -1.35. The summed E-state index contributed by atoms with van der Waals surface area (Å²) in [4.78, 5) is 0.640. The second-order valence-corrected chi connectivity index (χ2v) is 7.29. The number of methoxy groups -OCH3 is 3. The molecule has 0 bridgehead atoms. The van der Waals surface area contributed by atoms with Crippen molar-refractivity contribution in [2.75, 3.05) is 47.6 Å². The van der Waals surface area contributed by atoms with Gasteiger partial charge in [0.2, 0.25) is 5.75 Å². The highest BCUT2D eigenvalue weighted by Gasteiger charge is 2.39. The van der Waals surface area contributed by atoms with Gasteiger partial charge in [0.05, 0.1) is 32.8 Å². The van der Waals surface area contributed by atoms with E-state index in [0.29, 0.717) is 35.2 Å². The Morgan fingerprint density at radius 2 is 1.75 bits per heavy atom. The first-order valence-corrected chi connectivity index (χ1v) is 9.09. The van der Waals surface area contributed by atoms with E-state index < -0.39 is 11.0 Å². The van der Waals surface area contributed by atoms with Crippen LogP contribution in [0.4, 0.5) is 0 Å². The zero-order valence-electron chi connectivity index (χ0n) is 14.3. The van der Waals surface area contributed by atoms with Gasteiger partial charge in [-0.25, -0.2) is 8.51 Å². The van der Waals surface area contributed by atoms with Crippen molar-refractivity contribution < 1.29 is 23.2 Å². The zero-order valence-corrected chi connectivity index (χ0v) is 15.1. The molecule has 1 spiro atoms. The van der Waals surface area contributed by atoms with Gasteiger partial charge < -0.3 is 18.9 Å². The molecule has 2 aliphatic rings. The third-order valence-corrected chi connectivity index (χ3v) is 6.01. The lowest BCUT2D eigenvalue weighted by molar-refractivity contribution is -0.0440. The first-order valence-electron chi connectivity index (χ1n) is 7.98. The van der Waals surface area contributed by atoms with Gasteiger partial charge in [0.15, 0.2) is 11.5 Å². The monoisotopic (exact) mass is 356 g/mol. The molecule has 0 aromatic heterocycles. The second-order valence-electron chi connectivity index (χ2n) is 5.81. The van der Waals surface area contributed by atoms with Crippen LogP contribution in [0, 0.1) is 0 Å². The normalized spacial score (nSPS) is 21.6. The first-order chi connectivity index (χ1) is 11.6. The number of hydrogen-bond acceptors (Lipinski definition) is 6. The van der Waals surface area contributed by atoms with E-state index in [1.807, 2.05) is 4.31 Å². The lowest BCUT2D eigenvalue weighted by Crippen LogP contribution is -2.51. The molecule has 1 aromatic rings. The molecule has 0 amide bonds. The highest BCUT2D eigenvalue weighted by molar-refractivity contribution is 7.82. The maximum Gasteiger partial charge on any atom is 0.203 e. The molecular weight excluding hydrogens is 332 g/mol. The van der Waals surface area contributed by atoms with Gasteiger partial charge >= 0.3 is 0 Å². The molecule has 1 aromatic carbocycles. The third kappa shape index (κ3) is 3.23. The van der Waals surface area contributed by atoms with Crippen molar-refractivity contribution in [3.05, 3.63) is 12.1 Å². The molecule has 0 aliphatic carbocycles. The summed E-state index contributed by atoms with van der Waals surface area (Å²) < 4.78 is 36.7. The van der Waals surface area contributed by atoms with Crippen LogP contribution in [0.25, 0.3) is 0 Å². The van der Waals surface area contributed by atoms with Crippen LogP contribution in [0.2, 0.25) is 0 Å². The molecule has 2 fully saturated rings. The van der Waals surface area contributed by atoms with Crippen LogP contribution in [0.3, 0.4) is 0 Å². The molecule has 7 nitrogen and oxygen atoms in total. The van der Waals surface area contributed by atoms with Gasteiger partial charge in [0.25, 0.3) is 0 Å². The number of ether oxygens (including phenoxy) is 4. The van der Waals surface area contributed by atoms with Crippen molar-refractivity contribution in [2.24, 2.45) is 0 Å². The third-order valence-electron chi connectivity index (χ3n) is 4.53. The minimum atomic E-state index is -1.29. The standard InChI is InChI=1S/C16H24N2O5S/c1-20-13-10-12(11-14(21-2)15(13)22-3)24(19)18-7-4-16(5-8-18)17-6-9-23-16/h10-11,17H,4-9H2,1-3H3. The lowest BCUT2D eigenvalue weighted by Gasteiger charge is -2.37. The predicted octanol–water partition coefficient (Wildman–Crippen LogP) is 1.15. The van der Waals surface area contributed by atoms with Crippen LogP contribution >= 0.6 is 0 Å². The van der Waals surface area contributed by atoms with E-state index in [1.165, 1.54) is 0 Å². The number of nitrogens with zero attached hydrogens (tertiary/aromatic N) is 1. The molecule has 134 valence electrons. The molecular formula is C16H24N2O5S. The molecule has 0 radical (unpaired) electrons. The summed E-state index contributed by atoms with van der Waals surface area (Å²) in [6, 6.07) is 3.48. The molecule has 2 heterocycles. The number of hydrogen-bond donors (Lipinski definition) is 1. The summed E-state index contributed by atoms with van der Waals surface area (Å²) >= 11 is 0. The first kappa shape index (κ1) is 17.5. The molecule has 24 heavy (non-hydrogen) atoms. The van der Waals surface area contributed by atoms with E-state index in [9.17, 15) is 4.21 Å². The van der Waals surface area contributed by atoms with Crippen LogP contribution in [0.1, 0.15) is 12.8 Å². The minimum Gasteiger partial charge on any atom is -0.493 e. The largest absolute Gasteiger partial charge is 0.493 e. The summed E-state index contributed by atoms with van der Waals surface area (Å²) in [6.07, 6.45) is 1.65. The van der Waals surface area contributed by atoms with E-state index in [4.69, 9.17) is 18.9 Å². The Morgan fingerprint density at radius 3 is 2.21 bits per heavy atom. The second kappa shape index (κ2) is 7.26. The quantitative estimate of drug-likeness (QED) is 0.853. The van der Waals surface area contributed by atoms with E-state index in [-0.39, 0.29) is 5.72 Å². The van der Waals surface area contributed by atoms with Crippen molar-refractivity contribution in [1.29, 1.82) is 0 Å². The maximum absolute atomic E-state index is 13.0. The molecule has 1 N–H and O–H groups in total. The molecule has 3 rings (SSSR count). The highest BCUT2D eigenvalue weighted by Crippen LogP contribution is 2.40. The van der Waals surface area contributed by atoms with Gasteiger partial charge in [-0.2, -0.15) is 0 Å². The van der Waals surface area contributed by atoms with Gasteiger partial charge in [-0.1, -0.05) is 0 Å². The van der Waals surface area contributed by atoms with Gasteiger partial charge in [0, 0.05) is 44.6 Å². The number of rotatable bonds is 5. The summed E-state index contributed by atoms with van der Waals surface area (Å²) in [5.41, 5.74) is -0.226. The average Bonchev–Trinajstić information content (AvgIpc) is 3.08. The fourth-order valence-electron chi connectivity index (χ4n) is 3.22. The average molecular weight is 356 g/mol. The Morgan fingerprint density at radius 1 is 1.12 bits per heavy atom. The van der Waals surface area contributed by atoms with Crippen molar-refractivity contribution in [3.63, 3.8) is 0 Å². The van der Waals surface area contributed by atoms with Crippen LogP contribution in [0.15, 0.2) is 17.0 Å². The Kier molecular flexibility index (Phi) is 5.29. The van der Waals surface area contributed by atoms with Gasteiger partial charge in [-0.3, -0.25) is 5.32 Å². The van der Waals surface area contributed by atoms with E-state index in [0.717, 1.165) is 26.0 Å². The molecule has 0 saturated carbocycles. The fraction of sp³-hybridized carbons (Fsp3) is 0.625. The van der Waals surface area contributed by atoms with Crippen LogP contribution in [-0.4, -0.2) is 61.8 Å². The van der Waals surface area contributed by atoms with Crippen LogP contribution < -0.4 is 19.5 Å². The smallest absolute Gasteiger partial charge is 0.203 e. The van der Waals surface area contributed by atoms with Gasteiger partial charge in [-0.15, -0.1) is 0 Å². The van der Waals surface area contributed by atoms with E-state index >= 15 is 0 Å². The van der Waals surface area contributed by atoms with Crippen molar-refractivity contribution in [1.82, 2.24) is 9.62 Å². The van der Waals surface area contributed by atoms with Crippen LogP contribution in [-0.2, 0) is 15.7 Å². The summed E-state index contributed by atoms with van der Waals surface area (Å²) in [6.45, 7) is 3.04. The Balaban J connectivity index is 1.78. The van der Waals surface area contributed by atoms with Crippen molar-refractivity contribution >= 4 is 11.0 Å². The maximum atomic E-state index is 13.0. The topological polar surface area (TPSA) is 69.3 Å². The van der Waals surface area contributed by atoms with Gasteiger partial charge in [0.1, 0.15) is 16.7 Å². The molecule has 2 saturated heterocycles. The summed E-state index contributed by atoms with van der Waals surface area (Å²) in [5.74, 6) is 1.52. The Labute approximate surface area is 144 Å². The van der Waals surface area contributed by atoms with Crippen molar-refractivity contribution in [3.8, 4) is 17.2 Å². The van der Waals surface area contributed by atoms with E-state index in [2.05, 4.69) is 5.32 Å². The predicted molar refractivity (Wildman–Crippen MR) is 90.0 cm³/mol. The molecule has 8 heteroatoms. The van der Waals surface area contributed by atoms with E-state index in [1.54, 1.807) is 33.5 Å².